The lowest BCUT2D eigenvalue weighted by molar-refractivity contribution is -0.134. The number of nitrogens with one attached hydrogen (secondary N) is 1. The van der Waals surface area contributed by atoms with Gasteiger partial charge in [0, 0.05) is 19.8 Å². The third-order valence-corrected chi connectivity index (χ3v) is 8.30. The second-order valence-electron chi connectivity index (χ2n) is 8.31. The molecule has 0 aliphatic rings. The highest BCUT2D eigenvalue weighted by Gasteiger charge is 2.38. The fourth-order valence-electron chi connectivity index (χ4n) is 4.08. The standard InChI is InChI=1S/C26H37NO8S/c1-32-17-18-35-16-15-22(26(28)27-29)25(12-8-7-11-20-9-5-4-6-10-20)36(30,31)21-13-14-23(33-2)24(19-21)34-3/h4-6,9-10,13-14,19,22,25,29H,7-8,11-12,15-18H2,1-3H3,(H,27,28). The average molecular weight is 524 g/mol. The fourth-order valence-corrected chi connectivity index (χ4v) is 6.13. The summed E-state index contributed by atoms with van der Waals surface area (Å²) in [5.74, 6) is -1.12. The van der Waals surface area contributed by atoms with E-state index in [0.29, 0.717) is 25.4 Å². The Labute approximate surface area is 213 Å². The maximum absolute atomic E-state index is 13.8. The maximum atomic E-state index is 13.8. The topological polar surface area (TPSA) is 120 Å². The summed E-state index contributed by atoms with van der Waals surface area (Å²) in [6.45, 7) is 0.835. The van der Waals surface area contributed by atoms with Gasteiger partial charge in [-0.05, 0) is 43.4 Å². The van der Waals surface area contributed by atoms with E-state index in [1.807, 2.05) is 30.3 Å². The predicted octanol–water partition coefficient (Wildman–Crippen LogP) is 3.43. The summed E-state index contributed by atoms with van der Waals surface area (Å²) < 4.78 is 48.7. The van der Waals surface area contributed by atoms with Gasteiger partial charge >= 0.3 is 0 Å². The van der Waals surface area contributed by atoms with E-state index in [-0.39, 0.29) is 30.1 Å². The lowest BCUT2D eigenvalue weighted by Gasteiger charge is -2.26. The Kier molecular flexibility index (Phi) is 12.7. The highest BCUT2D eigenvalue weighted by Crippen LogP contribution is 2.34. The van der Waals surface area contributed by atoms with E-state index in [0.717, 1.165) is 18.4 Å². The van der Waals surface area contributed by atoms with Crippen LogP contribution >= 0.6 is 0 Å². The predicted molar refractivity (Wildman–Crippen MR) is 135 cm³/mol. The van der Waals surface area contributed by atoms with E-state index in [4.69, 9.17) is 18.9 Å². The molecule has 0 aliphatic carbocycles. The molecule has 0 bridgehead atoms. The Hall–Kier alpha value is -2.66. The van der Waals surface area contributed by atoms with Crippen LogP contribution in [0.1, 0.15) is 31.2 Å². The molecule has 0 heterocycles. The van der Waals surface area contributed by atoms with Gasteiger partial charge in [-0.1, -0.05) is 36.8 Å². The minimum Gasteiger partial charge on any atom is -0.493 e. The molecule has 0 fully saturated rings. The minimum atomic E-state index is -3.99. The van der Waals surface area contributed by atoms with Crippen molar-refractivity contribution in [3.8, 4) is 11.5 Å². The van der Waals surface area contributed by atoms with Crippen LogP contribution in [0.25, 0.3) is 0 Å². The molecule has 2 aromatic rings. The smallest absolute Gasteiger partial charge is 0.247 e. The lowest BCUT2D eigenvalue weighted by atomic mass is 9.95. The maximum Gasteiger partial charge on any atom is 0.247 e. The van der Waals surface area contributed by atoms with Crippen molar-refractivity contribution in [1.82, 2.24) is 5.48 Å². The zero-order chi connectivity index (χ0) is 26.4. The number of rotatable bonds is 17. The molecule has 1 amide bonds. The number of amides is 1. The third-order valence-electron chi connectivity index (χ3n) is 6.03. The van der Waals surface area contributed by atoms with Crippen molar-refractivity contribution in [3.63, 3.8) is 0 Å². The number of hydrogen-bond donors (Lipinski definition) is 2. The molecule has 0 saturated heterocycles. The molecule has 10 heteroatoms. The number of benzene rings is 2. The molecule has 0 aromatic heterocycles. The van der Waals surface area contributed by atoms with E-state index >= 15 is 0 Å². The number of carbonyl (C=O) groups is 1. The molecule has 0 aliphatic heterocycles. The molecule has 2 atom stereocenters. The van der Waals surface area contributed by atoms with Gasteiger partial charge in [-0.25, -0.2) is 13.9 Å². The molecule has 0 spiro atoms. The van der Waals surface area contributed by atoms with E-state index < -0.39 is 26.9 Å². The first-order chi connectivity index (χ1) is 17.4. The zero-order valence-corrected chi connectivity index (χ0v) is 22.0. The van der Waals surface area contributed by atoms with Crippen LogP contribution in [0.3, 0.4) is 0 Å². The SMILES string of the molecule is COCCOCCC(C(=O)NO)C(CCCCc1ccccc1)S(=O)(=O)c1ccc(OC)c(OC)c1. The number of hydroxylamine groups is 1. The summed E-state index contributed by atoms with van der Waals surface area (Å²) in [4.78, 5) is 12.7. The van der Waals surface area contributed by atoms with Gasteiger partial charge in [-0.15, -0.1) is 0 Å². The highest BCUT2D eigenvalue weighted by molar-refractivity contribution is 7.92. The van der Waals surface area contributed by atoms with Crippen molar-refractivity contribution < 1.29 is 37.4 Å². The summed E-state index contributed by atoms with van der Waals surface area (Å²) in [7, 11) is 0.445. The number of sulfone groups is 1. The quantitative estimate of drug-likeness (QED) is 0.184. The summed E-state index contributed by atoms with van der Waals surface area (Å²) in [5, 5.41) is 8.33. The molecular weight excluding hydrogens is 486 g/mol. The first-order valence-electron chi connectivity index (χ1n) is 11.9. The Morgan fingerprint density at radius 3 is 2.28 bits per heavy atom. The third kappa shape index (κ3) is 8.48. The van der Waals surface area contributed by atoms with Crippen molar-refractivity contribution >= 4 is 15.7 Å². The van der Waals surface area contributed by atoms with Crippen LogP contribution in [0.2, 0.25) is 0 Å². The van der Waals surface area contributed by atoms with Crippen molar-refractivity contribution in [3.05, 3.63) is 54.1 Å². The molecule has 2 rings (SSSR count). The van der Waals surface area contributed by atoms with Crippen LogP contribution in [0.15, 0.2) is 53.4 Å². The second kappa shape index (κ2) is 15.5. The molecule has 36 heavy (non-hydrogen) atoms. The van der Waals surface area contributed by atoms with Crippen LogP contribution in [-0.4, -0.2) is 65.9 Å². The summed E-state index contributed by atoms with van der Waals surface area (Å²) in [6.07, 6.45) is 2.47. The van der Waals surface area contributed by atoms with Gasteiger partial charge < -0.3 is 18.9 Å². The summed E-state index contributed by atoms with van der Waals surface area (Å²) in [5.41, 5.74) is 2.81. The van der Waals surface area contributed by atoms with Crippen LogP contribution in [-0.2, 0) is 30.5 Å². The number of carbonyl (C=O) groups excluding carboxylic acids is 1. The molecule has 0 radical (unpaired) electrons. The van der Waals surface area contributed by atoms with Crippen molar-refractivity contribution in [2.75, 3.05) is 41.2 Å². The molecule has 2 unspecified atom stereocenters. The van der Waals surface area contributed by atoms with Crippen LogP contribution in [0.5, 0.6) is 11.5 Å². The molecule has 2 aromatic carbocycles. The molecule has 2 N–H and O–H groups in total. The van der Waals surface area contributed by atoms with Gasteiger partial charge in [0.05, 0.1) is 43.5 Å². The van der Waals surface area contributed by atoms with E-state index in [9.17, 15) is 18.4 Å². The van der Waals surface area contributed by atoms with Gasteiger partial charge in [0.25, 0.3) is 0 Å². The second-order valence-corrected chi connectivity index (χ2v) is 10.5. The van der Waals surface area contributed by atoms with Crippen molar-refractivity contribution in [2.45, 2.75) is 42.2 Å². The first-order valence-corrected chi connectivity index (χ1v) is 13.4. The average Bonchev–Trinajstić information content (AvgIpc) is 2.90. The molecule has 9 nitrogen and oxygen atoms in total. The zero-order valence-electron chi connectivity index (χ0n) is 21.1. The van der Waals surface area contributed by atoms with Gasteiger partial charge in [-0.2, -0.15) is 0 Å². The molecular formula is C26H37NO8S. The summed E-state index contributed by atoms with van der Waals surface area (Å²) in [6, 6.07) is 14.3. The Morgan fingerprint density at radius 1 is 0.917 bits per heavy atom. The van der Waals surface area contributed by atoms with Crippen molar-refractivity contribution in [2.24, 2.45) is 5.92 Å². The van der Waals surface area contributed by atoms with E-state index in [1.54, 1.807) is 12.6 Å². The normalized spacial score (nSPS) is 13.1. The summed E-state index contributed by atoms with van der Waals surface area (Å²) >= 11 is 0. The fraction of sp³-hybridized carbons (Fsp3) is 0.500. The molecule has 0 saturated carbocycles. The largest absolute Gasteiger partial charge is 0.493 e. The molecule has 200 valence electrons. The number of ether oxygens (including phenoxy) is 4. The Morgan fingerprint density at radius 2 is 1.64 bits per heavy atom. The Balaban J connectivity index is 2.30. The van der Waals surface area contributed by atoms with Gasteiger partial charge in [0.2, 0.25) is 5.91 Å². The highest BCUT2D eigenvalue weighted by atomic mass is 32.2. The van der Waals surface area contributed by atoms with Crippen LogP contribution < -0.4 is 15.0 Å². The van der Waals surface area contributed by atoms with Crippen LogP contribution in [0, 0.1) is 5.92 Å². The van der Waals surface area contributed by atoms with E-state index in [2.05, 4.69) is 0 Å². The first kappa shape index (κ1) is 29.6. The van der Waals surface area contributed by atoms with Crippen molar-refractivity contribution in [1.29, 1.82) is 0 Å². The lowest BCUT2D eigenvalue weighted by Crippen LogP contribution is -2.41. The van der Waals surface area contributed by atoms with E-state index in [1.165, 1.54) is 32.4 Å². The van der Waals surface area contributed by atoms with Crippen LogP contribution in [0.4, 0.5) is 0 Å². The monoisotopic (exact) mass is 523 g/mol. The van der Waals surface area contributed by atoms with Gasteiger partial charge in [0.15, 0.2) is 21.3 Å². The number of unbranched alkanes of at least 4 members (excludes halogenated alkanes) is 1. The number of aryl methyl sites for hydroxylation is 1. The van der Waals surface area contributed by atoms with Gasteiger partial charge in [-0.3, -0.25) is 10.0 Å². The Bertz CT molecular complexity index is 1030. The number of methoxy groups -OCH3 is 3. The number of hydrogen-bond acceptors (Lipinski definition) is 8. The minimum absolute atomic E-state index is 0.0178. The van der Waals surface area contributed by atoms with Gasteiger partial charge in [0.1, 0.15) is 0 Å².